The molecule has 0 spiro atoms. The highest BCUT2D eigenvalue weighted by molar-refractivity contribution is 5.96. The third kappa shape index (κ3) is 4.67. The summed E-state index contributed by atoms with van der Waals surface area (Å²) >= 11 is 0. The Morgan fingerprint density at radius 2 is 1.89 bits per heavy atom. The van der Waals surface area contributed by atoms with Crippen molar-refractivity contribution < 1.29 is 9.59 Å². The number of hydrogen-bond donors (Lipinski definition) is 2. The van der Waals surface area contributed by atoms with Crippen molar-refractivity contribution in [1.82, 2.24) is 0 Å². The van der Waals surface area contributed by atoms with Gasteiger partial charge in [0.25, 0.3) is 0 Å². The molecular weight excluding hydrogens is 338 g/mol. The Kier molecular flexibility index (Phi) is 6.12. The van der Waals surface area contributed by atoms with Crippen LogP contribution >= 0.6 is 0 Å². The van der Waals surface area contributed by atoms with Gasteiger partial charge in [-0.05, 0) is 54.7 Å². The predicted octanol–water partition coefficient (Wildman–Crippen LogP) is 4.38. The summed E-state index contributed by atoms with van der Waals surface area (Å²) in [7, 11) is 0. The normalized spacial score (nSPS) is 14.9. The number of para-hydroxylation sites is 1. The van der Waals surface area contributed by atoms with Gasteiger partial charge in [0.2, 0.25) is 11.8 Å². The number of nitrogens with zero attached hydrogens (tertiary/aromatic N) is 1. The molecule has 2 N–H and O–H groups in total. The maximum absolute atomic E-state index is 12.3. The van der Waals surface area contributed by atoms with Crippen molar-refractivity contribution in [3.05, 3.63) is 54.1 Å². The number of benzene rings is 2. The van der Waals surface area contributed by atoms with Crippen LogP contribution < -0.4 is 15.5 Å². The van der Waals surface area contributed by atoms with Crippen molar-refractivity contribution in [2.75, 3.05) is 28.6 Å². The highest BCUT2D eigenvalue weighted by Crippen LogP contribution is 2.26. The van der Waals surface area contributed by atoms with Crippen LogP contribution in [0.3, 0.4) is 0 Å². The van der Waals surface area contributed by atoms with E-state index in [4.69, 9.17) is 0 Å². The highest BCUT2D eigenvalue weighted by Gasteiger charge is 2.21. The maximum Gasteiger partial charge on any atom is 0.243 e. The van der Waals surface area contributed by atoms with Gasteiger partial charge in [-0.25, -0.2) is 0 Å². The van der Waals surface area contributed by atoms with Crippen molar-refractivity contribution in [2.24, 2.45) is 0 Å². The van der Waals surface area contributed by atoms with Crippen LogP contribution in [0.4, 0.5) is 17.1 Å². The standard InChI is InChI=1S/C22H27N3O2/c1-3-16(2)19-7-4-5-8-20(19)23-15-21(26)24-17-10-12-18(13-11-17)25-14-6-9-22(25)27/h4-5,7-8,10-13,16,23H,3,6,9,14-15H2,1-2H3,(H,24,26). The zero-order valence-corrected chi connectivity index (χ0v) is 16.0. The Balaban J connectivity index is 1.56. The van der Waals surface area contributed by atoms with Gasteiger partial charge in [-0.2, -0.15) is 0 Å². The summed E-state index contributed by atoms with van der Waals surface area (Å²) in [5, 5.41) is 6.14. The molecule has 0 aromatic heterocycles. The molecule has 0 saturated carbocycles. The fourth-order valence-electron chi connectivity index (χ4n) is 3.33. The fraction of sp³-hybridized carbons (Fsp3) is 0.364. The first-order valence-corrected chi connectivity index (χ1v) is 9.61. The molecule has 5 heteroatoms. The Morgan fingerprint density at radius 3 is 2.56 bits per heavy atom. The lowest BCUT2D eigenvalue weighted by atomic mass is 9.97. The summed E-state index contributed by atoms with van der Waals surface area (Å²) in [5.74, 6) is 0.507. The zero-order valence-electron chi connectivity index (χ0n) is 16.0. The lowest BCUT2D eigenvalue weighted by Crippen LogP contribution is -2.24. The molecule has 27 heavy (non-hydrogen) atoms. The first kappa shape index (κ1) is 19.0. The summed E-state index contributed by atoms with van der Waals surface area (Å²) in [6, 6.07) is 15.6. The number of hydrogen-bond acceptors (Lipinski definition) is 3. The minimum atomic E-state index is -0.0982. The average Bonchev–Trinajstić information content (AvgIpc) is 3.12. The Labute approximate surface area is 160 Å². The number of anilines is 3. The molecule has 2 aromatic rings. The van der Waals surface area contributed by atoms with Gasteiger partial charge in [0.05, 0.1) is 6.54 Å². The molecule has 0 aliphatic carbocycles. The van der Waals surface area contributed by atoms with Gasteiger partial charge in [0, 0.05) is 30.0 Å². The van der Waals surface area contributed by atoms with E-state index in [0.717, 1.165) is 36.4 Å². The molecule has 1 fully saturated rings. The van der Waals surface area contributed by atoms with Gasteiger partial charge in [-0.1, -0.05) is 32.0 Å². The van der Waals surface area contributed by atoms with E-state index in [1.54, 1.807) is 4.90 Å². The number of nitrogens with one attached hydrogen (secondary N) is 2. The van der Waals surface area contributed by atoms with Crippen molar-refractivity contribution >= 4 is 28.9 Å². The molecule has 3 rings (SSSR count). The van der Waals surface area contributed by atoms with Gasteiger partial charge in [-0.3, -0.25) is 9.59 Å². The average molecular weight is 365 g/mol. The largest absolute Gasteiger partial charge is 0.376 e. The van der Waals surface area contributed by atoms with Crippen molar-refractivity contribution in [3.8, 4) is 0 Å². The summed E-state index contributed by atoms with van der Waals surface area (Å²) in [5.41, 5.74) is 3.85. The second-order valence-electron chi connectivity index (χ2n) is 6.99. The van der Waals surface area contributed by atoms with Crippen LogP contribution in [0.1, 0.15) is 44.6 Å². The van der Waals surface area contributed by atoms with Crippen molar-refractivity contribution in [2.45, 2.75) is 39.0 Å². The fourth-order valence-corrected chi connectivity index (χ4v) is 3.33. The van der Waals surface area contributed by atoms with E-state index in [1.165, 1.54) is 5.56 Å². The number of amides is 2. The molecule has 2 aromatic carbocycles. The first-order valence-electron chi connectivity index (χ1n) is 9.61. The number of rotatable bonds is 7. The molecular formula is C22H27N3O2. The van der Waals surface area contributed by atoms with Crippen LogP contribution in [-0.4, -0.2) is 24.9 Å². The lowest BCUT2D eigenvalue weighted by molar-refractivity contribution is -0.117. The van der Waals surface area contributed by atoms with E-state index in [1.807, 2.05) is 42.5 Å². The van der Waals surface area contributed by atoms with Gasteiger partial charge in [0.15, 0.2) is 0 Å². The van der Waals surface area contributed by atoms with E-state index < -0.39 is 0 Å². The molecule has 1 heterocycles. The second-order valence-corrected chi connectivity index (χ2v) is 6.99. The van der Waals surface area contributed by atoms with Crippen LogP contribution in [0.25, 0.3) is 0 Å². The number of carbonyl (C=O) groups excluding carboxylic acids is 2. The minimum absolute atomic E-state index is 0.0982. The van der Waals surface area contributed by atoms with E-state index in [9.17, 15) is 9.59 Å². The molecule has 1 saturated heterocycles. The van der Waals surface area contributed by atoms with E-state index in [-0.39, 0.29) is 18.4 Å². The molecule has 142 valence electrons. The highest BCUT2D eigenvalue weighted by atomic mass is 16.2. The van der Waals surface area contributed by atoms with Gasteiger partial charge < -0.3 is 15.5 Å². The molecule has 0 radical (unpaired) electrons. The van der Waals surface area contributed by atoms with Crippen LogP contribution in [0.15, 0.2) is 48.5 Å². The SMILES string of the molecule is CCC(C)c1ccccc1NCC(=O)Nc1ccc(N2CCCC2=O)cc1. The molecule has 1 aliphatic rings. The predicted molar refractivity (Wildman–Crippen MR) is 110 cm³/mol. The quantitative estimate of drug-likeness (QED) is 0.765. The Morgan fingerprint density at radius 1 is 1.15 bits per heavy atom. The molecule has 2 amide bonds. The summed E-state index contributed by atoms with van der Waals surface area (Å²) < 4.78 is 0. The molecule has 1 atom stereocenters. The first-order chi connectivity index (χ1) is 13.1. The zero-order chi connectivity index (χ0) is 19.2. The van der Waals surface area contributed by atoms with Gasteiger partial charge in [-0.15, -0.1) is 0 Å². The summed E-state index contributed by atoms with van der Waals surface area (Å²) in [6.45, 7) is 5.32. The third-order valence-electron chi connectivity index (χ3n) is 5.08. The molecule has 5 nitrogen and oxygen atoms in total. The molecule has 0 bridgehead atoms. The number of carbonyl (C=O) groups is 2. The monoisotopic (exact) mass is 365 g/mol. The maximum atomic E-state index is 12.3. The van der Waals surface area contributed by atoms with Gasteiger partial charge in [0.1, 0.15) is 0 Å². The molecule has 1 aliphatic heterocycles. The topological polar surface area (TPSA) is 61.4 Å². The van der Waals surface area contributed by atoms with Crippen LogP contribution in [-0.2, 0) is 9.59 Å². The third-order valence-corrected chi connectivity index (χ3v) is 5.08. The van der Waals surface area contributed by atoms with Crippen LogP contribution in [0.5, 0.6) is 0 Å². The van der Waals surface area contributed by atoms with Crippen molar-refractivity contribution in [1.29, 1.82) is 0 Å². The van der Waals surface area contributed by atoms with Crippen LogP contribution in [0.2, 0.25) is 0 Å². The second kappa shape index (κ2) is 8.71. The summed E-state index contributed by atoms with van der Waals surface area (Å²) in [4.78, 5) is 25.9. The van der Waals surface area contributed by atoms with E-state index >= 15 is 0 Å². The Hall–Kier alpha value is -2.82. The lowest BCUT2D eigenvalue weighted by Gasteiger charge is -2.17. The van der Waals surface area contributed by atoms with Crippen LogP contribution in [0, 0.1) is 0 Å². The molecule has 1 unspecified atom stereocenters. The van der Waals surface area contributed by atoms with Crippen molar-refractivity contribution in [3.63, 3.8) is 0 Å². The Bertz CT molecular complexity index is 801. The van der Waals surface area contributed by atoms with Gasteiger partial charge >= 0.3 is 0 Å². The summed E-state index contributed by atoms with van der Waals surface area (Å²) in [6.07, 6.45) is 2.57. The smallest absolute Gasteiger partial charge is 0.243 e. The van der Waals surface area contributed by atoms with E-state index in [0.29, 0.717) is 12.3 Å². The minimum Gasteiger partial charge on any atom is -0.376 e. The van der Waals surface area contributed by atoms with E-state index in [2.05, 4.69) is 30.5 Å².